The minimum atomic E-state index is -0.255. The normalized spacial score (nSPS) is 16.1. The molecule has 2 heterocycles. The molecule has 8 heteroatoms. The lowest BCUT2D eigenvalue weighted by atomic mass is 10.1. The highest BCUT2D eigenvalue weighted by molar-refractivity contribution is 7.22. The highest BCUT2D eigenvalue weighted by Crippen LogP contribution is 2.25. The van der Waals surface area contributed by atoms with Gasteiger partial charge in [0.15, 0.2) is 5.13 Å². The number of benzene rings is 2. The lowest BCUT2D eigenvalue weighted by Gasteiger charge is -2.37. The van der Waals surface area contributed by atoms with Gasteiger partial charge < -0.3 is 10.6 Å². The second-order valence-electron chi connectivity index (χ2n) is 8.02. The SMILES string of the molecule is CCc1ccccc1NC(=O)CN1CCN(C(C)C(=O)Nc2nc3ccccc3s2)CC1. The van der Waals surface area contributed by atoms with Crippen LogP contribution in [0.15, 0.2) is 48.5 Å². The van der Waals surface area contributed by atoms with Crippen molar-refractivity contribution in [2.45, 2.75) is 26.3 Å². The van der Waals surface area contributed by atoms with Crippen LogP contribution in [0.25, 0.3) is 10.2 Å². The third-order valence-corrected chi connectivity index (χ3v) is 6.85. The number of para-hydroxylation sites is 2. The lowest BCUT2D eigenvalue weighted by molar-refractivity contribution is -0.122. The summed E-state index contributed by atoms with van der Waals surface area (Å²) in [4.78, 5) is 34.0. The molecule has 1 fully saturated rings. The Balaban J connectivity index is 1.25. The van der Waals surface area contributed by atoms with Crippen LogP contribution < -0.4 is 10.6 Å². The Morgan fingerprint density at radius 2 is 1.75 bits per heavy atom. The highest BCUT2D eigenvalue weighted by Gasteiger charge is 2.27. The Labute approximate surface area is 192 Å². The second-order valence-corrected chi connectivity index (χ2v) is 9.05. The van der Waals surface area contributed by atoms with Crippen molar-refractivity contribution in [3.05, 3.63) is 54.1 Å². The number of carbonyl (C=O) groups is 2. The van der Waals surface area contributed by atoms with E-state index in [-0.39, 0.29) is 17.9 Å². The number of aromatic nitrogens is 1. The van der Waals surface area contributed by atoms with Crippen LogP contribution in [0, 0.1) is 0 Å². The molecule has 0 aliphatic carbocycles. The summed E-state index contributed by atoms with van der Waals surface area (Å²) in [6, 6.07) is 15.5. The minimum absolute atomic E-state index is 0.000905. The van der Waals surface area contributed by atoms with E-state index in [0.717, 1.165) is 54.1 Å². The van der Waals surface area contributed by atoms with Gasteiger partial charge in [-0.1, -0.05) is 48.6 Å². The van der Waals surface area contributed by atoms with Crippen LogP contribution in [-0.4, -0.2) is 65.4 Å². The summed E-state index contributed by atoms with van der Waals surface area (Å²) in [5, 5.41) is 6.62. The van der Waals surface area contributed by atoms with Crippen molar-refractivity contribution in [1.82, 2.24) is 14.8 Å². The molecule has 1 unspecified atom stereocenters. The zero-order valence-corrected chi connectivity index (χ0v) is 19.3. The largest absolute Gasteiger partial charge is 0.325 e. The van der Waals surface area contributed by atoms with Crippen LogP contribution in [0.1, 0.15) is 19.4 Å². The van der Waals surface area contributed by atoms with Gasteiger partial charge in [0.05, 0.1) is 22.8 Å². The summed E-state index contributed by atoms with van der Waals surface area (Å²) < 4.78 is 1.06. The van der Waals surface area contributed by atoms with Gasteiger partial charge in [0, 0.05) is 31.9 Å². The zero-order chi connectivity index (χ0) is 22.5. The Morgan fingerprint density at radius 1 is 1.03 bits per heavy atom. The van der Waals surface area contributed by atoms with E-state index < -0.39 is 0 Å². The average Bonchev–Trinajstić information content (AvgIpc) is 3.21. The molecule has 1 aliphatic heterocycles. The third-order valence-electron chi connectivity index (χ3n) is 5.90. The summed E-state index contributed by atoms with van der Waals surface area (Å²) in [6.07, 6.45) is 0.881. The quantitative estimate of drug-likeness (QED) is 0.575. The predicted molar refractivity (Wildman–Crippen MR) is 130 cm³/mol. The molecule has 4 rings (SSSR count). The Morgan fingerprint density at radius 3 is 2.50 bits per heavy atom. The molecule has 2 aromatic carbocycles. The fourth-order valence-corrected chi connectivity index (χ4v) is 4.82. The number of amides is 2. The van der Waals surface area contributed by atoms with Crippen molar-refractivity contribution in [1.29, 1.82) is 0 Å². The molecule has 1 aromatic heterocycles. The number of piperazine rings is 1. The van der Waals surface area contributed by atoms with E-state index >= 15 is 0 Å². The number of thiazole rings is 1. The van der Waals surface area contributed by atoms with Gasteiger partial charge in [0.1, 0.15) is 0 Å². The van der Waals surface area contributed by atoms with Crippen molar-refractivity contribution < 1.29 is 9.59 Å². The van der Waals surface area contributed by atoms with E-state index in [1.54, 1.807) is 0 Å². The molecular weight excluding hydrogens is 422 g/mol. The Kier molecular flexibility index (Phi) is 7.14. The first-order chi connectivity index (χ1) is 15.5. The van der Waals surface area contributed by atoms with Gasteiger partial charge in [-0.25, -0.2) is 4.98 Å². The average molecular weight is 452 g/mol. The molecule has 3 aromatic rings. The van der Waals surface area contributed by atoms with Crippen LogP contribution in [0.4, 0.5) is 10.8 Å². The van der Waals surface area contributed by atoms with Gasteiger partial charge >= 0.3 is 0 Å². The van der Waals surface area contributed by atoms with Crippen molar-refractivity contribution in [2.24, 2.45) is 0 Å². The molecule has 0 saturated carbocycles. The third kappa shape index (κ3) is 5.32. The monoisotopic (exact) mass is 451 g/mol. The van der Waals surface area contributed by atoms with Crippen LogP contribution in [0.5, 0.6) is 0 Å². The number of nitrogens with zero attached hydrogens (tertiary/aromatic N) is 3. The van der Waals surface area contributed by atoms with Gasteiger partial charge in [-0.05, 0) is 37.1 Å². The summed E-state index contributed by atoms with van der Waals surface area (Å²) >= 11 is 1.49. The highest BCUT2D eigenvalue weighted by atomic mass is 32.1. The van der Waals surface area contributed by atoms with Gasteiger partial charge in [-0.2, -0.15) is 0 Å². The Bertz CT molecular complexity index is 1060. The van der Waals surface area contributed by atoms with E-state index in [1.807, 2.05) is 55.5 Å². The first kappa shape index (κ1) is 22.4. The lowest BCUT2D eigenvalue weighted by Crippen LogP contribution is -2.53. The topological polar surface area (TPSA) is 77.6 Å². The molecule has 2 amide bonds. The van der Waals surface area contributed by atoms with Gasteiger partial charge in [0.2, 0.25) is 11.8 Å². The number of anilines is 2. The number of aryl methyl sites for hydroxylation is 1. The van der Waals surface area contributed by atoms with Gasteiger partial charge in [-0.3, -0.25) is 19.4 Å². The van der Waals surface area contributed by atoms with Crippen molar-refractivity contribution in [3.63, 3.8) is 0 Å². The van der Waals surface area contributed by atoms with E-state index in [9.17, 15) is 9.59 Å². The summed E-state index contributed by atoms with van der Waals surface area (Å²) in [5.74, 6) is -0.0487. The van der Waals surface area contributed by atoms with Crippen molar-refractivity contribution >= 4 is 44.2 Å². The molecule has 0 radical (unpaired) electrons. The number of hydrogen-bond acceptors (Lipinski definition) is 6. The fourth-order valence-electron chi connectivity index (χ4n) is 3.95. The number of fused-ring (bicyclic) bond motifs is 1. The smallest absolute Gasteiger partial charge is 0.243 e. The van der Waals surface area contributed by atoms with Crippen LogP contribution in [-0.2, 0) is 16.0 Å². The van der Waals surface area contributed by atoms with E-state index in [2.05, 4.69) is 32.3 Å². The predicted octanol–water partition coefficient (Wildman–Crippen LogP) is 3.44. The van der Waals surface area contributed by atoms with Crippen LogP contribution >= 0.6 is 11.3 Å². The Hall–Kier alpha value is -2.81. The van der Waals surface area contributed by atoms with Gasteiger partial charge in [-0.15, -0.1) is 0 Å². The molecule has 168 valence electrons. The molecule has 0 bridgehead atoms. The standard InChI is InChI=1S/C24H29N5O2S/c1-3-18-8-4-5-9-19(18)25-22(30)16-28-12-14-29(15-13-28)17(2)23(31)27-24-26-20-10-6-7-11-21(20)32-24/h4-11,17H,3,12-16H2,1-2H3,(H,25,30)(H,26,27,31). The summed E-state index contributed by atoms with van der Waals surface area (Å²) in [6.45, 7) is 7.35. The van der Waals surface area contributed by atoms with Crippen LogP contribution in [0.3, 0.4) is 0 Å². The minimum Gasteiger partial charge on any atom is -0.325 e. The molecule has 7 nitrogen and oxygen atoms in total. The fraction of sp³-hybridized carbons (Fsp3) is 0.375. The number of hydrogen-bond donors (Lipinski definition) is 2. The molecule has 1 saturated heterocycles. The first-order valence-corrected chi connectivity index (χ1v) is 11.9. The van der Waals surface area contributed by atoms with E-state index in [1.165, 1.54) is 11.3 Å². The first-order valence-electron chi connectivity index (χ1n) is 11.0. The molecule has 0 spiro atoms. The maximum atomic E-state index is 12.7. The molecule has 1 aliphatic rings. The van der Waals surface area contributed by atoms with E-state index in [4.69, 9.17) is 0 Å². The van der Waals surface area contributed by atoms with Gasteiger partial charge in [0.25, 0.3) is 0 Å². The molecule has 2 N–H and O–H groups in total. The maximum Gasteiger partial charge on any atom is 0.243 e. The molecule has 1 atom stereocenters. The number of rotatable bonds is 7. The molecule has 32 heavy (non-hydrogen) atoms. The number of carbonyl (C=O) groups excluding carboxylic acids is 2. The summed E-state index contributed by atoms with van der Waals surface area (Å²) in [5.41, 5.74) is 2.92. The van der Waals surface area contributed by atoms with Crippen molar-refractivity contribution in [2.75, 3.05) is 43.4 Å². The van der Waals surface area contributed by atoms with E-state index in [0.29, 0.717) is 11.7 Å². The maximum absolute atomic E-state index is 12.7. The summed E-state index contributed by atoms with van der Waals surface area (Å²) in [7, 11) is 0. The second kappa shape index (κ2) is 10.2. The van der Waals surface area contributed by atoms with Crippen molar-refractivity contribution in [3.8, 4) is 0 Å². The number of nitrogens with one attached hydrogen (secondary N) is 2. The van der Waals surface area contributed by atoms with Crippen LogP contribution in [0.2, 0.25) is 0 Å². The molecular formula is C24H29N5O2S. The zero-order valence-electron chi connectivity index (χ0n) is 18.5.